The van der Waals surface area contributed by atoms with E-state index >= 15 is 4.39 Å². The highest BCUT2D eigenvalue weighted by Gasteiger charge is 2.40. The van der Waals surface area contributed by atoms with E-state index in [2.05, 4.69) is 9.97 Å². The minimum atomic E-state index is -5.12. The van der Waals surface area contributed by atoms with Gasteiger partial charge in [-0.3, -0.25) is 10.1 Å². The molecule has 0 radical (unpaired) electrons. The number of benzene rings is 2. The molecule has 0 aliphatic carbocycles. The highest BCUT2D eigenvalue weighted by atomic mass is 35.6. The van der Waals surface area contributed by atoms with Crippen molar-refractivity contribution in [3.05, 3.63) is 93.4 Å². The number of aryl methyl sites for hydroxylation is 1. The van der Waals surface area contributed by atoms with Crippen molar-refractivity contribution >= 4 is 75.8 Å². The van der Waals surface area contributed by atoms with E-state index in [1.165, 1.54) is 27.2 Å². The number of carbonyl (C=O) groups excluding carboxylic acids is 3. The third kappa shape index (κ3) is 10.1. The summed E-state index contributed by atoms with van der Waals surface area (Å²) in [4.78, 5) is 47.5. The van der Waals surface area contributed by atoms with Crippen LogP contribution in [-0.4, -0.2) is 52.5 Å². The van der Waals surface area contributed by atoms with Crippen molar-refractivity contribution in [2.24, 2.45) is 0 Å². The zero-order chi connectivity index (χ0) is 39.2. The van der Waals surface area contributed by atoms with E-state index in [1.54, 1.807) is 58.7 Å². The fourth-order valence-corrected chi connectivity index (χ4v) is 5.38. The number of esters is 1. The lowest BCUT2D eigenvalue weighted by Gasteiger charge is -2.27. The number of rotatable bonds is 11. The van der Waals surface area contributed by atoms with Crippen LogP contribution in [0.25, 0.3) is 11.4 Å². The zero-order valence-electron chi connectivity index (χ0n) is 28.1. The lowest BCUT2D eigenvalue weighted by molar-refractivity contribution is -0.137. The van der Waals surface area contributed by atoms with Gasteiger partial charge < -0.3 is 24.4 Å². The van der Waals surface area contributed by atoms with E-state index in [0.29, 0.717) is 22.6 Å². The van der Waals surface area contributed by atoms with Crippen molar-refractivity contribution in [2.45, 2.75) is 36.9 Å². The van der Waals surface area contributed by atoms with Gasteiger partial charge in [-0.15, -0.1) is 0 Å². The molecular weight excluding hydrogens is 792 g/mol. The minimum absolute atomic E-state index is 0.0375. The van der Waals surface area contributed by atoms with Gasteiger partial charge >= 0.3 is 18.2 Å². The van der Waals surface area contributed by atoms with Gasteiger partial charge in [0.2, 0.25) is 0 Å². The summed E-state index contributed by atoms with van der Waals surface area (Å²) in [5.41, 5.74) is -4.44. The number of hydrogen-bond donors (Lipinski definition) is 2. The first-order valence-electron chi connectivity index (χ1n) is 15.2. The molecule has 2 aromatic heterocycles. The molecule has 0 unspecified atom stereocenters. The van der Waals surface area contributed by atoms with Crippen LogP contribution in [-0.2, 0) is 28.8 Å². The first-order valence-corrected chi connectivity index (χ1v) is 16.7. The highest BCUT2D eigenvalue weighted by Crippen LogP contribution is 2.43. The van der Waals surface area contributed by atoms with Crippen LogP contribution in [0.5, 0.6) is 11.5 Å². The first-order chi connectivity index (χ1) is 24.9. The molecule has 0 saturated heterocycles. The molecule has 0 fully saturated rings. The molecule has 11 nitrogen and oxygen atoms in total. The number of amides is 3. The Hall–Kier alpha value is -4.57. The SMILES string of the molecule is CCOC(=O)c1c(Cl)nc(-c2nc(N(Cc3ccc(OC)cc3)Cc3ccc(OC)cc3)cc(C)c2C(F)(F)F)c(F)c1NC(=O)NC(=O)C(Cl)(Cl)Cl. The number of hydrogen-bond acceptors (Lipinski definition) is 9. The maximum absolute atomic E-state index is 16.6. The molecule has 4 aromatic rings. The molecule has 2 N–H and O–H groups in total. The van der Waals surface area contributed by atoms with Gasteiger partial charge in [-0.1, -0.05) is 70.7 Å². The summed E-state index contributed by atoms with van der Waals surface area (Å²) in [6.07, 6.45) is -5.12. The lowest BCUT2D eigenvalue weighted by Crippen LogP contribution is -2.41. The number of methoxy groups -OCH3 is 2. The van der Waals surface area contributed by atoms with Crippen molar-refractivity contribution in [3.63, 3.8) is 0 Å². The van der Waals surface area contributed by atoms with Crippen LogP contribution in [0.2, 0.25) is 5.15 Å². The van der Waals surface area contributed by atoms with Crippen LogP contribution in [0.1, 0.15) is 39.5 Å². The van der Waals surface area contributed by atoms with Crippen LogP contribution in [0, 0.1) is 12.7 Å². The normalized spacial score (nSPS) is 11.5. The standard InChI is InChI=1S/C34H29Cl4F4N5O6/c1-5-53-30(48)23-26(45-32(50)46-31(49)33(36,37)38)25(39)28(44-29(23)35)27-24(34(40,41)42)17(2)14-22(43-27)47(15-18-6-10-20(51-3)11-7-18)16-19-8-12-21(52-4)13-9-19/h6-14H,5,15-16H2,1-4H3,(H2,44,45,46,49,50). The maximum Gasteiger partial charge on any atom is 0.418 e. The van der Waals surface area contributed by atoms with E-state index < -0.39 is 67.0 Å². The van der Waals surface area contributed by atoms with Crippen LogP contribution in [0.4, 0.5) is 33.9 Å². The van der Waals surface area contributed by atoms with Crippen LogP contribution in [0.3, 0.4) is 0 Å². The fourth-order valence-electron chi connectivity index (χ4n) is 4.98. The Morgan fingerprint density at radius 3 is 1.85 bits per heavy atom. The average Bonchev–Trinajstić information content (AvgIpc) is 3.08. The number of urea groups is 1. The summed E-state index contributed by atoms with van der Waals surface area (Å²) in [6.45, 7) is 2.51. The quantitative estimate of drug-likeness (QED) is 0.0661. The Labute approximate surface area is 320 Å². The van der Waals surface area contributed by atoms with Crippen molar-refractivity contribution in [1.29, 1.82) is 0 Å². The zero-order valence-corrected chi connectivity index (χ0v) is 31.2. The molecule has 0 bridgehead atoms. The summed E-state index contributed by atoms with van der Waals surface area (Å²) in [5, 5.41) is 2.63. The number of imide groups is 1. The van der Waals surface area contributed by atoms with Gasteiger partial charge in [0.15, 0.2) is 5.82 Å². The molecule has 0 saturated carbocycles. The molecule has 0 aliphatic heterocycles. The Kier molecular flexibility index (Phi) is 13.3. The predicted molar refractivity (Wildman–Crippen MR) is 191 cm³/mol. The minimum Gasteiger partial charge on any atom is -0.497 e. The van der Waals surface area contributed by atoms with Gasteiger partial charge in [0, 0.05) is 13.1 Å². The lowest BCUT2D eigenvalue weighted by atomic mass is 10.0. The maximum atomic E-state index is 16.6. The first kappa shape index (κ1) is 41.2. The third-order valence-corrected chi connectivity index (χ3v) is 8.18. The highest BCUT2D eigenvalue weighted by molar-refractivity contribution is 6.76. The van der Waals surface area contributed by atoms with Crippen molar-refractivity contribution in [2.75, 3.05) is 31.0 Å². The van der Waals surface area contributed by atoms with Crippen LogP contribution >= 0.6 is 46.4 Å². The molecule has 0 aliphatic rings. The van der Waals surface area contributed by atoms with E-state index in [1.807, 2.05) is 5.32 Å². The summed E-state index contributed by atoms with van der Waals surface area (Å²) >= 11 is 22.8. The third-order valence-electron chi connectivity index (χ3n) is 7.40. The van der Waals surface area contributed by atoms with E-state index in [0.717, 1.165) is 6.92 Å². The van der Waals surface area contributed by atoms with E-state index in [-0.39, 0.29) is 31.1 Å². The van der Waals surface area contributed by atoms with Crippen LogP contribution in [0.15, 0.2) is 54.6 Å². The molecule has 282 valence electrons. The molecule has 2 heterocycles. The van der Waals surface area contributed by atoms with Crippen molar-refractivity contribution < 1.29 is 46.2 Å². The number of ether oxygens (including phenoxy) is 3. The Morgan fingerprint density at radius 1 is 0.868 bits per heavy atom. The summed E-state index contributed by atoms with van der Waals surface area (Å²) in [7, 11) is 2.99. The van der Waals surface area contributed by atoms with Gasteiger partial charge in [0.05, 0.1) is 32.1 Å². The van der Waals surface area contributed by atoms with Gasteiger partial charge in [0.25, 0.3) is 9.70 Å². The molecule has 0 atom stereocenters. The second-order valence-electron chi connectivity index (χ2n) is 11.0. The molecular formula is C34H29Cl4F4N5O6. The monoisotopic (exact) mass is 819 g/mol. The largest absolute Gasteiger partial charge is 0.497 e. The number of nitrogens with zero attached hydrogens (tertiary/aromatic N) is 3. The Balaban J connectivity index is 1.96. The molecule has 3 amide bonds. The molecule has 4 rings (SSSR count). The number of pyridine rings is 2. The number of anilines is 2. The van der Waals surface area contributed by atoms with Crippen molar-refractivity contribution in [3.8, 4) is 22.9 Å². The molecule has 0 spiro atoms. The number of carbonyl (C=O) groups is 3. The number of alkyl halides is 6. The Morgan fingerprint density at radius 2 is 1.40 bits per heavy atom. The second kappa shape index (κ2) is 17.1. The topological polar surface area (TPSA) is 132 Å². The average molecular weight is 821 g/mol. The van der Waals surface area contributed by atoms with Crippen molar-refractivity contribution in [1.82, 2.24) is 15.3 Å². The molecule has 53 heavy (non-hydrogen) atoms. The smallest absolute Gasteiger partial charge is 0.418 e. The van der Waals surface area contributed by atoms with E-state index in [9.17, 15) is 27.6 Å². The number of nitrogens with one attached hydrogen (secondary N) is 2. The predicted octanol–water partition coefficient (Wildman–Crippen LogP) is 8.68. The number of halogens is 8. The summed E-state index contributed by atoms with van der Waals surface area (Å²) in [5.74, 6) is -3.36. The van der Waals surface area contributed by atoms with Gasteiger partial charge in [-0.2, -0.15) is 13.2 Å². The fraction of sp³-hybridized carbons (Fsp3) is 0.265. The number of aromatic nitrogens is 2. The van der Waals surface area contributed by atoms with E-state index in [4.69, 9.17) is 60.6 Å². The van der Waals surface area contributed by atoms with Crippen LogP contribution < -0.4 is 25.0 Å². The van der Waals surface area contributed by atoms with Gasteiger partial charge in [-0.05, 0) is 60.9 Å². The summed E-state index contributed by atoms with van der Waals surface area (Å²) < 4.78 is 73.7. The Bertz CT molecular complexity index is 1950. The summed E-state index contributed by atoms with van der Waals surface area (Å²) in [6, 6.07) is 13.5. The van der Waals surface area contributed by atoms with Gasteiger partial charge in [0.1, 0.15) is 39.4 Å². The molecule has 2 aromatic carbocycles. The van der Waals surface area contributed by atoms with Gasteiger partial charge in [-0.25, -0.2) is 23.9 Å². The molecule has 19 heteroatoms. The second-order valence-corrected chi connectivity index (χ2v) is 13.7.